The van der Waals surface area contributed by atoms with Crippen LogP contribution in [0.4, 0.5) is 0 Å². The molecule has 0 aromatic heterocycles. The van der Waals surface area contributed by atoms with E-state index in [-0.39, 0.29) is 12.2 Å². The lowest BCUT2D eigenvalue weighted by Crippen LogP contribution is -2.36. The average molecular weight is 230 g/mol. The van der Waals surface area contributed by atoms with Gasteiger partial charge in [0.25, 0.3) is 0 Å². The molecule has 1 heterocycles. The van der Waals surface area contributed by atoms with Gasteiger partial charge < -0.3 is 18.9 Å². The predicted molar refractivity (Wildman–Crippen MR) is 59.6 cm³/mol. The van der Waals surface area contributed by atoms with E-state index in [0.29, 0.717) is 39.6 Å². The van der Waals surface area contributed by atoms with E-state index in [4.69, 9.17) is 18.9 Å². The van der Waals surface area contributed by atoms with Gasteiger partial charge in [-0.2, -0.15) is 0 Å². The van der Waals surface area contributed by atoms with Crippen LogP contribution in [0, 0.1) is 0 Å². The molecule has 2 fully saturated rings. The minimum Gasteiger partial charge on any atom is -0.377 e. The Morgan fingerprint density at radius 1 is 0.562 bits per heavy atom. The molecular weight excluding hydrogens is 208 g/mol. The van der Waals surface area contributed by atoms with Crippen LogP contribution in [0.3, 0.4) is 0 Å². The van der Waals surface area contributed by atoms with E-state index in [2.05, 4.69) is 0 Å². The van der Waals surface area contributed by atoms with Gasteiger partial charge in [0.15, 0.2) is 0 Å². The molecule has 0 radical (unpaired) electrons. The van der Waals surface area contributed by atoms with Crippen LogP contribution < -0.4 is 0 Å². The molecule has 4 nitrogen and oxygen atoms in total. The first-order chi connectivity index (χ1) is 7.97. The zero-order chi connectivity index (χ0) is 11.1. The molecule has 2 rings (SSSR count). The van der Waals surface area contributed by atoms with Crippen molar-refractivity contribution >= 4 is 0 Å². The fourth-order valence-electron chi connectivity index (χ4n) is 2.28. The van der Waals surface area contributed by atoms with Crippen molar-refractivity contribution in [3.05, 3.63) is 0 Å². The van der Waals surface area contributed by atoms with Crippen LogP contribution in [0.25, 0.3) is 0 Å². The van der Waals surface area contributed by atoms with Gasteiger partial charge in [0.05, 0.1) is 51.8 Å². The largest absolute Gasteiger partial charge is 0.377 e. The summed E-state index contributed by atoms with van der Waals surface area (Å²) in [4.78, 5) is 0. The fourth-order valence-corrected chi connectivity index (χ4v) is 2.28. The van der Waals surface area contributed by atoms with Crippen LogP contribution in [0.1, 0.15) is 25.7 Å². The average Bonchev–Trinajstić information content (AvgIpc) is 2.30. The summed E-state index contributed by atoms with van der Waals surface area (Å²) in [6.45, 7) is 3.96. The topological polar surface area (TPSA) is 36.9 Å². The van der Waals surface area contributed by atoms with Crippen molar-refractivity contribution in [2.45, 2.75) is 37.9 Å². The van der Waals surface area contributed by atoms with E-state index in [0.717, 1.165) is 12.8 Å². The molecule has 2 aliphatic rings. The van der Waals surface area contributed by atoms with Gasteiger partial charge in [0.1, 0.15) is 0 Å². The summed E-state index contributed by atoms with van der Waals surface area (Å²) in [7, 11) is 0. The third-order valence-corrected chi connectivity index (χ3v) is 3.13. The summed E-state index contributed by atoms with van der Waals surface area (Å²) >= 11 is 0. The summed E-state index contributed by atoms with van der Waals surface area (Å²) < 4.78 is 22.4. The normalized spacial score (nSPS) is 34.5. The lowest BCUT2D eigenvalue weighted by Gasteiger charge is -2.31. The van der Waals surface area contributed by atoms with Gasteiger partial charge in [0.2, 0.25) is 0 Å². The van der Waals surface area contributed by atoms with Gasteiger partial charge in [-0.25, -0.2) is 0 Å². The third kappa shape index (κ3) is 4.01. The quantitative estimate of drug-likeness (QED) is 0.630. The van der Waals surface area contributed by atoms with Crippen molar-refractivity contribution in [2.75, 3.05) is 39.6 Å². The summed E-state index contributed by atoms with van der Waals surface area (Å²) in [5, 5.41) is 0. The number of ether oxygens (including phenoxy) is 4. The first kappa shape index (κ1) is 12.3. The molecule has 0 N–H and O–H groups in total. The van der Waals surface area contributed by atoms with Gasteiger partial charge in [-0.05, 0) is 12.8 Å². The first-order valence-electron chi connectivity index (χ1n) is 6.35. The van der Waals surface area contributed by atoms with E-state index in [1.165, 1.54) is 12.8 Å². The maximum absolute atomic E-state index is 5.83. The number of fused-ring (bicyclic) bond motifs is 1. The third-order valence-electron chi connectivity index (χ3n) is 3.13. The Morgan fingerprint density at radius 3 is 1.50 bits per heavy atom. The van der Waals surface area contributed by atoms with E-state index < -0.39 is 0 Å². The van der Waals surface area contributed by atoms with Crippen LogP contribution >= 0.6 is 0 Å². The molecule has 94 valence electrons. The van der Waals surface area contributed by atoms with Crippen LogP contribution in [-0.2, 0) is 18.9 Å². The van der Waals surface area contributed by atoms with Crippen molar-refractivity contribution in [3.8, 4) is 0 Å². The van der Waals surface area contributed by atoms with Crippen molar-refractivity contribution in [1.29, 1.82) is 0 Å². The number of hydrogen-bond donors (Lipinski definition) is 0. The van der Waals surface area contributed by atoms with Gasteiger partial charge in [-0.3, -0.25) is 0 Å². The molecule has 4 heteroatoms. The highest BCUT2D eigenvalue weighted by Gasteiger charge is 2.26. The second kappa shape index (κ2) is 7.22. The minimum atomic E-state index is 0.261. The Kier molecular flexibility index (Phi) is 5.55. The molecule has 0 aromatic rings. The van der Waals surface area contributed by atoms with Gasteiger partial charge in [-0.15, -0.1) is 0 Å². The van der Waals surface area contributed by atoms with Crippen LogP contribution in [-0.4, -0.2) is 51.8 Å². The van der Waals surface area contributed by atoms with E-state index in [1.807, 2.05) is 0 Å². The van der Waals surface area contributed by atoms with Crippen molar-refractivity contribution in [2.24, 2.45) is 0 Å². The van der Waals surface area contributed by atoms with E-state index >= 15 is 0 Å². The Balaban J connectivity index is 1.79. The molecule has 0 aromatic carbocycles. The smallest absolute Gasteiger partial charge is 0.0837 e. The molecule has 1 aliphatic carbocycles. The zero-order valence-corrected chi connectivity index (χ0v) is 9.86. The lowest BCUT2D eigenvalue weighted by atomic mass is 9.94. The predicted octanol–water partition coefficient (Wildman–Crippen LogP) is 1.38. The van der Waals surface area contributed by atoms with Crippen LogP contribution in [0.5, 0.6) is 0 Å². The Labute approximate surface area is 97.2 Å². The van der Waals surface area contributed by atoms with Crippen molar-refractivity contribution in [1.82, 2.24) is 0 Å². The highest BCUT2D eigenvalue weighted by atomic mass is 16.6. The standard InChI is InChI=1S/C12H22O4/c1-2-4-12-11(3-1)15-9-7-13-5-6-14-8-10-16-12/h11-12H,1-10H2/t11-,12-/m1/s1. The fraction of sp³-hybridized carbons (Fsp3) is 1.00. The molecular formula is C12H22O4. The Hall–Kier alpha value is -0.160. The molecule has 16 heavy (non-hydrogen) atoms. The lowest BCUT2D eigenvalue weighted by molar-refractivity contribution is -0.119. The van der Waals surface area contributed by atoms with Crippen LogP contribution in [0.2, 0.25) is 0 Å². The Morgan fingerprint density at radius 2 is 1.00 bits per heavy atom. The summed E-state index contributed by atoms with van der Waals surface area (Å²) in [5.41, 5.74) is 0. The highest BCUT2D eigenvalue weighted by Crippen LogP contribution is 2.23. The number of hydrogen-bond acceptors (Lipinski definition) is 4. The SMILES string of the molecule is C1CC[C@H]2OCCOCCOCCO[C@@H]2C1. The molecule has 1 aliphatic heterocycles. The molecule has 1 saturated carbocycles. The van der Waals surface area contributed by atoms with Crippen molar-refractivity contribution in [3.63, 3.8) is 0 Å². The molecule has 0 unspecified atom stereocenters. The molecule has 0 spiro atoms. The maximum atomic E-state index is 5.83. The molecule has 0 amide bonds. The number of rotatable bonds is 0. The van der Waals surface area contributed by atoms with Gasteiger partial charge in [0, 0.05) is 0 Å². The summed E-state index contributed by atoms with van der Waals surface area (Å²) in [6, 6.07) is 0. The highest BCUT2D eigenvalue weighted by molar-refractivity contribution is 4.76. The Bertz CT molecular complexity index is 166. The molecule has 1 saturated heterocycles. The molecule has 2 atom stereocenters. The van der Waals surface area contributed by atoms with Gasteiger partial charge in [-0.1, -0.05) is 12.8 Å². The van der Waals surface area contributed by atoms with Crippen LogP contribution in [0.15, 0.2) is 0 Å². The van der Waals surface area contributed by atoms with E-state index in [1.54, 1.807) is 0 Å². The summed E-state index contributed by atoms with van der Waals surface area (Å²) in [5.74, 6) is 0. The second-order valence-corrected chi connectivity index (χ2v) is 4.33. The second-order valence-electron chi connectivity index (χ2n) is 4.33. The molecule has 0 bridgehead atoms. The van der Waals surface area contributed by atoms with E-state index in [9.17, 15) is 0 Å². The monoisotopic (exact) mass is 230 g/mol. The van der Waals surface area contributed by atoms with Crippen molar-refractivity contribution < 1.29 is 18.9 Å². The minimum absolute atomic E-state index is 0.261. The van der Waals surface area contributed by atoms with Gasteiger partial charge >= 0.3 is 0 Å². The first-order valence-corrected chi connectivity index (χ1v) is 6.35. The summed E-state index contributed by atoms with van der Waals surface area (Å²) in [6.07, 6.45) is 5.26. The maximum Gasteiger partial charge on any atom is 0.0837 e. The zero-order valence-electron chi connectivity index (χ0n) is 9.86.